The second-order valence-electron chi connectivity index (χ2n) is 5.03. The van der Waals surface area contributed by atoms with Crippen LogP contribution in [0, 0.1) is 17.2 Å². The Morgan fingerprint density at radius 1 is 1.21 bits per heavy atom. The molecule has 2 rings (SSSR count). The number of hydrogen-bond acceptors (Lipinski definition) is 3. The number of amides is 1. The lowest BCUT2D eigenvalue weighted by molar-refractivity contribution is -0.114. The highest BCUT2D eigenvalue weighted by Crippen LogP contribution is 2.27. The minimum absolute atomic E-state index is 0.0717. The van der Waals surface area contributed by atoms with E-state index in [0.717, 1.165) is 30.6 Å². The van der Waals surface area contributed by atoms with Gasteiger partial charge in [-0.1, -0.05) is 12.8 Å². The third-order valence-electron chi connectivity index (χ3n) is 3.49. The molecule has 100 valence electrons. The second-order valence-corrected chi connectivity index (χ2v) is 5.03. The molecule has 0 bridgehead atoms. The first-order chi connectivity index (χ1) is 9.19. The van der Waals surface area contributed by atoms with Gasteiger partial charge in [0.2, 0.25) is 5.91 Å². The fourth-order valence-corrected chi connectivity index (χ4v) is 2.53. The van der Waals surface area contributed by atoms with Crippen molar-refractivity contribution < 1.29 is 4.79 Å². The molecule has 1 aliphatic carbocycles. The largest absolute Gasteiger partial charge is 0.381 e. The van der Waals surface area contributed by atoms with Crippen LogP contribution in [-0.4, -0.2) is 11.9 Å². The van der Waals surface area contributed by atoms with E-state index in [4.69, 9.17) is 5.26 Å². The Hall–Kier alpha value is -2.02. The van der Waals surface area contributed by atoms with Crippen molar-refractivity contribution in [2.24, 2.45) is 5.92 Å². The van der Waals surface area contributed by atoms with Gasteiger partial charge in [0.25, 0.3) is 0 Å². The molecule has 0 spiro atoms. The van der Waals surface area contributed by atoms with Crippen LogP contribution in [0.15, 0.2) is 24.3 Å². The lowest BCUT2D eigenvalue weighted by atomic mass is 9.85. The molecule has 0 radical (unpaired) electrons. The maximum absolute atomic E-state index is 10.9. The number of anilines is 2. The first-order valence-electron chi connectivity index (χ1n) is 6.73. The summed E-state index contributed by atoms with van der Waals surface area (Å²) in [5.41, 5.74) is 1.79. The Morgan fingerprint density at radius 3 is 2.47 bits per heavy atom. The van der Waals surface area contributed by atoms with Gasteiger partial charge in [0.05, 0.1) is 12.0 Å². The molecule has 2 N–H and O–H groups in total. The SMILES string of the molecule is CC(=O)Nc1ccc(NC2CCCCC2C#N)cc1. The van der Waals surface area contributed by atoms with Crippen LogP contribution in [0.3, 0.4) is 0 Å². The van der Waals surface area contributed by atoms with Crippen LogP contribution in [0.1, 0.15) is 32.6 Å². The van der Waals surface area contributed by atoms with Crippen LogP contribution in [0.5, 0.6) is 0 Å². The molecule has 1 amide bonds. The number of nitrogens with one attached hydrogen (secondary N) is 2. The summed E-state index contributed by atoms with van der Waals surface area (Å²) >= 11 is 0. The Bertz CT molecular complexity index is 475. The second kappa shape index (κ2) is 6.24. The van der Waals surface area contributed by atoms with Gasteiger partial charge in [-0.05, 0) is 37.1 Å². The maximum Gasteiger partial charge on any atom is 0.221 e. The third-order valence-corrected chi connectivity index (χ3v) is 3.49. The molecule has 4 heteroatoms. The molecule has 0 aliphatic heterocycles. The Morgan fingerprint density at radius 2 is 1.84 bits per heavy atom. The number of rotatable bonds is 3. The fourth-order valence-electron chi connectivity index (χ4n) is 2.53. The number of benzene rings is 1. The lowest BCUT2D eigenvalue weighted by Crippen LogP contribution is -2.31. The van der Waals surface area contributed by atoms with Crippen molar-refractivity contribution in [3.8, 4) is 6.07 Å². The summed E-state index contributed by atoms with van der Waals surface area (Å²) in [7, 11) is 0. The maximum atomic E-state index is 10.9. The molecule has 1 fully saturated rings. The van der Waals surface area contributed by atoms with E-state index in [0.29, 0.717) is 0 Å². The van der Waals surface area contributed by atoms with Crippen molar-refractivity contribution in [2.75, 3.05) is 10.6 Å². The summed E-state index contributed by atoms with van der Waals surface area (Å²) in [6.07, 6.45) is 4.36. The van der Waals surface area contributed by atoms with Crippen molar-refractivity contribution in [3.05, 3.63) is 24.3 Å². The lowest BCUT2D eigenvalue weighted by Gasteiger charge is -2.28. The topological polar surface area (TPSA) is 64.9 Å². The molecule has 0 aromatic heterocycles. The average molecular weight is 257 g/mol. The van der Waals surface area contributed by atoms with E-state index in [1.54, 1.807) is 0 Å². The minimum Gasteiger partial charge on any atom is -0.381 e. The van der Waals surface area contributed by atoms with E-state index in [1.165, 1.54) is 13.3 Å². The van der Waals surface area contributed by atoms with E-state index in [1.807, 2.05) is 24.3 Å². The molecule has 2 unspecified atom stereocenters. The number of hydrogen-bond donors (Lipinski definition) is 2. The first kappa shape index (κ1) is 13.4. The molecular weight excluding hydrogens is 238 g/mol. The quantitative estimate of drug-likeness (QED) is 0.874. The highest BCUT2D eigenvalue weighted by Gasteiger charge is 2.24. The van der Waals surface area contributed by atoms with Crippen LogP contribution in [-0.2, 0) is 4.79 Å². The molecule has 1 aromatic rings. The van der Waals surface area contributed by atoms with E-state index in [-0.39, 0.29) is 17.9 Å². The molecule has 0 saturated heterocycles. The van der Waals surface area contributed by atoms with Gasteiger partial charge in [-0.3, -0.25) is 4.79 Å². The Balaban J connectivity index is 1.98. The minimum atomic E-state index is -0.0717. The van der Waals surface area contributed by atoms with Crippen molar-refractivity contribution in [3.63, 3.8) is 0 Å². The van der Waals surface area contributed by atoms with Gasteiger partial charge in [0, 0.05) is 24.3 Å². The highest BCUT2D eigenvalue weighted by molar-refractivity contribution is 5.88. The van der Waals surface area contributed by atoms with Crippen LogP contribution in [0.4, 0.5) is 11.4 Å². The normalized spacial score (nSPS) is 22.3. The predicted octanol–water partition coefficient (Wildman–Crippen LogP) is 3.14. The number of carbonyl (C=O) groups is 1. The van der Waals surface area contributed by atoms with Crippen molar-refractivity contribution in [1.29, 1.82) is 5.26 Å². The van der Waals surface area contributed by atoms with E-state index in [9.17, 15) is 4.79 Å². The van der Waals surface area contributed by atoms with Crippen molar-refractivity contribution >= 4 is 17.3 Å². The average Bonchev–Trinajstić information content (AvgIpc) is 2.41. The Kier molecular flexibility index (Phi) is 4.40. The number of nitrogens with zero attached hydrogens (tertiary/aromatic N) is 1. The molecule has 4 nitrogen and oxygen atoms in total. The van der Waals surface area contributed by atoms with Crippen LogP contribution >= 0.6 is 0 Å². The number of nitriles is 1. The van der Waals surface area contributed by atoms with E-state index >= 15 is 0 Å². The van der Waals surface area contributed by atoms with Gasteiger partial charge in [0.1, 0.15) is 0 Å². The molecule has 1 saturated carbocycles. The van der Waals surface area contributed by atoms with Crippen LogP contribution in [0.25, 0.3) is 0 Å². The summed E-state index contributed by atoms with van der Waals surface area (Å²) in [6.45, 7) is 1.49. The summed E-state index contributed by atoms with van der Waals surface area (Å²) in [6, 6.07) is 10.2. The first-order valence-corrected chi connectivity index (χ1v) is 6.73. The number of carbonyl (C=O) groups excluding carboxylic acids is 1. The van der Waals surface area contributed by atoms with Gasteiger partial charge >= 0.3 is 0 Å². The summed E-state index contributed by atoms with van der Waals surface area (Å²) < 4.78 is 0. The Labute approximate surface area is 113 Å². The summed E-state index contributed by atoms with van der Waals surface area (Å²) in [4.78, 5) is 10.9. The summed E-state index contributed by atoms with van der Waals surface area (Å²) in [5, 5.41) is 15.3. The van der Waals surface area contributed by atoms with Gasteiger partial charge in [-0.15, -0.1) is 0 Å². The van der Waals surface area contributed by atoms with Gasteiger partial charge in [-0.25, -0.2) is 0 Å². The zero-order valence-corrected chi connectivity index (χ0v) is 11.1. The zero-order valence-electron chi connectivity index (χ0n) is 11.1. The molecular formula is C15H19N3O. The standard InChI is InChI=1S/C15H19N3O/c1-11(19)17-13-6-8-14(9-7-13)18-15-5-3-2-4-12(15)10-16/h6-9,12,15,18H,2-5H2,1H3,(H,17,19). The molecule has 2 atom stereocenters. The molecule has 1 aromatic carbocycles. The summed E-state index contributed by atoms with van der Waals surface area (Å²) in [5.74, 6) is 0.0290. The van der Waals surface area contributed by atoms with Crippen LogP contribution in [0.2, 0.25) is 0 Å². The smallest absolute Gasteiger partial charge is 0.221 e. The van der Waals surface area contributed by atoms with Crippen LogP contribution < -0.4 is 10.6 Å². The van der Waals surface area contributed by atoms with E-state index < -0.39 is 0 Å². The highest BCUT2D eigenvalue weighted by atomic mass is 16.1. The van der Waals surface area contributed by atoms with Crippen molar-refractivity contribution in [1.82, 2.24) is 0 Å². The molecule has 19 heavy (non-hydrogen) atoms. The van der Waals surface area contributed by atoms with Gasteiger partial charge in [0.15, 0.2) is 0 Å². The predicted molar refractivity (Wildman–Crippen MR) is 75.7 cm³/mol. The third kappa shape index (κ3) is 3.72. The molecule has 0 heterocycles. The fraction of sp³-hybridized carbons (Fsp3) is 0.467. The zero-order chi connectivity index (χ0) is 13.7. The monoisotopic (exact) mass is 257 g/mol. The van der Waals surface area contributed by atoms with Crippen molar-refractivity contribution in [2.45, 2.75) is 38.6 Å². The van der Waals surface area contributed by atoms with Gasteiger partial charge < -0.3 is 10.6 Å². The van der Waals surface area contributed by atoms with E-state index in [2.05, 4.69) is 16.7 Å². The van der Waals surface area contributed by atoms with Gasteiger partial charge in [-0.2, -0.15) is 5.26 Å². The molecule has 1 aliphatic rings.